The van der Waals surface area contributed by atoms with Gasteiger partial charge in [-0.25, -0.2) is 14.6 Å². The van der Waals surface area contributed by atoms with Crippen molar-refractivity contribution in [1.29, 1.82) is 0 Å². The van der Waals surface area contributed by atoms with Crippen molar-refractivity contribution in [2.75, 3.05) is 6.54 Å². The highest BCUT2D eigenvalue weighted by atomic mass is 16.6. The first kappa shape index (κ1) is 22.8. The average Bonchev–Trinajstić information content (AvgIpc) is 2.77. The van der Waals surface area contributed by atoms with E-state index in [-0.39, 0.29) is 36.4 Å². The SMILES string of the molecule is CCC(CC)OC(=O)c1cnc(OC(=O)NC(=O)CN)c(OCc2ccccc2)c1. The topological polar surface area (TPSA) is 130 Å². The summed E-state index contributed by atoms with van der Waals surface area (Å²) < 4.78 is 16.2. The van der Waals surface area contributed by atoms with Gasteiger partial charge in [-0.1, -0.05) is 44.2 Å². The van der Waals surface area contributed by atoms with E-state index in [4.69, 9.17) is 19.9 Å². The van der Waals surface area contributed by atoms with Crippen LogP contribution in [0.1, 0.15) is 42.6 Å². The number of hydrogen-bond acceptors (Lipinski definition) is 8. The van der Waals surface area contributed by atoms with Gasteiger partial charge < -0.3 is 19.9 Å². The zero-order valence-corrected chi connectivity index (χ0v) is 16.9. The zero-order chi connectivity index (χ0) is 21.9. The van der Waals surface area contributed by atoms with E-state index in [9.17, 15) is 14.4 Å². The van der Waals surface area contributed by atoms with Crippen molar-refractivity contribution < 1.29 is 28.6 Å². The lowest BCUT2D eigenvalue weighted by atomic mass is 10.2. The Hall–Kier alpha value is -3.46. The number of esters is 1. The van der Waals surface area contributed by atoms with E-state index in [2.05, 4.69) is 4.98 Å². The molecule has 1 aromatic heterocycles. The minimum absolute atomic E-state index is 0.0493. The number of nitrogens with two attached hydrogens (primary N) is 1. The van der Waals surface area contributed by atoms with Crippen LogP contribution in [0.15, 0.2) is 42.6 Å². The van der Waals surface area contributed by atoms with Gasteiger partial charge in [0.1, 0.15) is 12.7 Å². The molecule has 0 aliphatic rings. The van der Waals surface area contributed by atoms with E-state index in [1.54, 1.807) is 0 Å². The highest BCUT2D eigenvalue weighted by Crippen LogP contribution is 2.27. The Morgan fingerprint density at radius 3 is 2.47 bits per heavy atom. The summed E-state index contributed by atoms with van der Waals surface area (Å²) in [7, 11) is 0. The highest BCUT2D eigenvalue weighted by Gasteiger charge is 2.19. The number of carbonyl (C=O) groups excluding carboxylic acids is 3. The molecule has 0 atom stereocenters. The highest BCUT2D eigenvalue weighted by molar-refractivity contribution is 5.93. The number of nitrogens with zero attached hydrogens (tertiary/aromatic N) is 1. The molecular formula is C21H25N3O6. The van der Waals surface area contributed by atoms with E-state index in [0.29, 0.717) is 12.8 Å². The van der Waals surface area contributed by atoms with Gasteiger partial charge in [-0.2, -0.15) is 0 Å². The summed E-state index contributed by atoms with van der Waals surface area (Å²) in [4.78, 5) is 39.5. The number of hydrogen-bond donors (Lipinski definition) is 2. The van der Waals surface area contributed by atoms with E-state index in [0.717, 1.165) is 5.56 Å². The molecule has 0 bridgehead atoms. The van der Waals surface area contributed by atoms with Crippen LogP contribution in [-0.4, -0.2) is 35.6 Å². The molecule has 1 aromatic carbocycles. The van der Waals surface area contributed by atoms with Crippen molar-refractivity contribution in [2.24, 2.45) is 5.73 Å². The maximum Gasteiger partial charge on any atom is 0.420 e. The second-order valence-electron chi connectivity index (χ2n) is 6.29. The van der Waals surface area contributed by atoms with Crippen LogP contribution in [-0.2, 0) is 16.1 Å². The fourth-order valence-corrected chi connectivity index (χ4v) is 2.41. The van der Waals surface area contributed by atoms with Crippen molar-refractivity contribution in [3.63, 3.8) is 0 Å². The van der Waals surface area contributed by atoms with Gasteiger partial charge in [0, 0.05) is 12.3 Å². The first-order valence-electron chi connectivity index (χ1n) is 9.56. The smallest absolute Gasteiger partial charge is 0.420 e. The van der Waals surface area contributed by atoms with Crippen LogP contribution in [0.5, 0.6) is 11.6 Å². The maximum atomic E-state index is 12.4. The molecule has 2 rings (SSSR count). The lowest BCUT2D eigenvalue weighted by Gasteiger charge is -2.15. The second-order valence-corrected chi connectivity index (χ2v) is 6.29. The summed E-state index contributed by atoms with van der Waals surface area (Å²) in [5.74, 6) is -1.42. The first-order chi connectivity index (χ1) is 14.5. The maximum absolute atomic E-state index is 12.4. The predicted molar refractivity (Wildman–Crippen MR) is 108 cm³/mol. The molecule has 9 nitrogen and oxygen atoms in total. The largest absolute Gasteiger partial charge is 0.483 e. The normalized spacial score (nSPS) is 10.4. The summed E-state index contributed by atoms with van der Waals surface area (Å²) in [6, 6.07) is 10.7. The standard InChI is InChI=1S/C21H25N3O6/c1-3-16(4-2)29-20(26)15-10-17(28-13-14-8-6-5-7-9-14)19(23-12-15)30-21(27)24-18(25)11-22/h5-10,12,16H,3-4,11,13,22H2,1-2H3,(H,24,25,27). The minimum atomic E-state index is -1.06. The molecule has 30 heavy (non-hydrogen) atoms. The van der Waals surface area contributed by atoms with Gasteiger partial charge in [-0.3, -0.25) is 10.1 Å². The third kappa shape index (κ3) is 6.85. The third-order valence-electron chi connectivity index (χ3n) is 4.09. The number of pyridine rings is 1. The van der Waals surface area contributed by atoms with Crippen molar-refractivity contribution in [1.82, 2.24) is 10.3 Å². The van der Waals surface area contributed by atoms with Crippen LogP contribution in [0.2, 0.25) is 0 Å². The molecular weight excluding hydrogens is 390 g/mol. The molecule has 0 spiro atoms. The molecule has 1 heterocycles. The Kier molecular flexibility index (Phi) is 8.76. The summed E-state index contributed by atoms with van der Waals surface area (Å²) >= 11 is 0. The van der Waals surface area contributed by atoms with Gasteiger partial charge in [0.05, 0.1) is 12.1 Å². The summed E-state index contributed by atoms with van der Waals surface area (Å²) in [5.41, 5.74) is 6.17. The predicted octanol–water partition coefficient (Wildman–Crippen LogP) is 2.58. The van der Waals surface area contributed by atoms with Crippen molar-refractivity contribution in [2.45, 2.75) is 39.4 Å². The number of imide groups is 1. The van der Waals surface area contributed by atoms with Crippen LogP contribution >= 0.6 is 0 Å². The number of benzene rings is 1. The number of aromatic nitrogens is 1. The number of nitrogens with one attached hydrogen (secondary N) is 1. The second kappa shape index (κ2) is 11.5. The first-order valence-corrected chi connectivity index (χ1v) is 9.56. The Bertz CT molecular complexity index is 868. The zero-order valence-electron chi connectivity index (χ0n) is 16.9. The number of ether oxygens (including phenoxy) is 3. The van der Waals surface area contributed by atoms with E-state index >= 15 is 0 Å². The van der Waals surface area contributed by atoms with Gasteiger partial charge in [0.25, 0.3) is 5.88 Å². The Morgan fingerprint density at radius 2 is 1.83 bits per heavy atom. The Labute approximate surface area is 174 Å². The van der Waals surface area contributed by atoms with Gasteiger partial charge >= 0.3 is 12.1 Å². The molecule has 0 fully saturated rings. The Balaban J connectivity index is 2.22. The number of rotatable bonds is 9. The van der Waals surface area contributed by atoms with Crippen molar-refractivity contribution in [3.8, 4) is 11.6 Å². The molecule has 2 amide bonds. The van der Waals surface area contributed by atoms with Crippen LogP contribution in [0.25, 0.3) is 0 Å². The number of amides is 2. The van der Waals surface area contributed by atoms with Crippen LogP contribution in [0.3, 0.4) is 0 Å². The summed E-state index contributed by atoms with van der Waals surface area (Å²) in [6.07, 6.45) is 1.31. The van der Waals surface area contributed by atoms with Gasteiger partial charge in [0.2, 0.25) is 5.91 Å². The lowest BCUT2D eigenvalue weighted by Crippen LogP contribution is -2.37. The monoisotopic (exact) mass is 415 g/mol. The van der Waals surface area contributed by atoms with Gasteiger partial charge in [-0.15, -0.1) is 0 Å². The van der Waals surface area contributed by atoms with E-state index in [1.807, 2.05) is 49.5 Å². The summed E-state index contributed by atoms with van der Waals surface area (Å²) in [5, 5.41) is 1.95. The molecule has 0 radical (unpaired) electrons. The molecule has 0 unspecified atom stereocenters. The van der Waals surface area contributed by atoms with Gasteiger partial charge in [0.15, 0.2) is 5.75 Å². The van der Waals surface area contributed by atoms with Crippen LogP contribution in [0.4, 0.5) is 4.79 Å². The van der Waals surface area contributed by atoms with Crippen LogP contribution in [0, 0.1) is 0 Å². The van der Waals surface area contributed by atoms with E-state index < -0.39 is 18.0 Å². The molecule has 2 aromatic rings. The lowest BCUT2D eigenvalue weighted by molar-refractivity contribution is -0.118. The fourth-order valence-electron chi connectivity index (χ4n) is 2.41. The van der Waals surface area contributed by atoms with Crippen LogP contribution < -0.4 is 20.5 Å². The molecule has 0 saturated carbocycles. The molecule has 0 aliphatic carbocycles. The average molecular weight is 415 g/mol. The van der Waals surface area contributed by atoms with Crippen molar-refractivity contribution >= 4 is 18.0 Å². The quantitative estimate of drug-likeness (QED) is 0.598. The molecule has 160 valence electrons. The van der Waals surface area contributed by atoms with Gasteiger partial charge in [-0.05, 0) is 18.4 Å². The molecule has 0 aliphatic heterocycles. The molecule has 0 saturated heterocycles. The summed E-state index contributed by atoms with van der Waals surface area (Å²) in [6.45, 7) is 3.62. The molecule has 9 heteroatoms. The molecule has 3 N–H and O–H groups in total. The Morgan fingerprint density at radius 1 is 1.13 bits per heavy atom. The van der Waals surface area contributed by atoms with E-state index in [1.165, 1.54) is 12.3 Å². The van der Waals surface area contributed by atoms with Crippen molar-refractivity contribution in [3.05, 3.63) is 53.7 Å². The third-order valence-corrected chi connectivity index (χ3v) is 4.09. The minimum Gasteiger partial charge on any atom is -0.483 e. The number of carbonyl (C=O) groups is 3. The fraction of sp³-hybridized carbons (Fsp3) is 0.333.